The van der Waals surface area contributed by atoms with E-state index in [9.17, 15) is 0 Å². The summed E-state index contributed by atoms with van der Waals surface area (Å²) < 4.78 is 0. The van der Waals surface area contributed by atoms with Gasteiger partial charge in [0.1, 0.15) is 11.9 Å². The first-order valence-corrected chi connectivity index (χ1v) is 5.65. The lowest BCUT2D eigenvalue weighted by molar-refractivity contribution is 0.567. The zero-order chi connectivity index (χ0) is 12.4. The molecule has 0 spiro atoms. The Kier molecular flexibility index (Phi) is 3.01. The summed E-state index contributed by atoms with van der Waals surface area (Å²) in [6, 6.07) is 2.59. The highest BCUT2D eigenvalue weighted by atomic mass is 15.0. The lowest BCUT2D eigenvalue weighted by atomic mass is 10.0. The average Bonchev–Trinajstić information content (AvgIpc) is 2.65. The zero-order valence-corrected chi connectivity index (χ0v) is 10.4. The Morgan fingerprint density at radius 3 is 3.00 bits per heavy atom. The van der Waals surface area contributed by atoms with E-state index in [0.29, 0.717) is 11.6 Å². The van der Waals surface area contributed by atoms with Crippen LogP contribution in [0, 0.1) is 11.3 Å². The molecule has 2 heterocycles. The molecule has 1 aliphatic heterocycles. The molecule has 88 valence electrons. The van der Waals surface area contributed by atoms with E-state index in [1.807, 2.05) is 31.3 Å². The van der Waals surface area contributed by atoms with Crippen molar-refractivity contribution in [2.75, 3.05) is 19.4 Å². The van der Waals surface area contributed by atoms with Gasteiger partial charge in [-0.2, -0.15) is 5.26 Å². The molecule has 17 heavy (non-hydrogen) atoms. The van der Waals surface area contributed by atoms with Crippen LogP contribution in [0.3, 0.4) is 0 Å². The second-order valence-electron chi connectivity index (χ2n) is 4.55. The Morgan fingerprint density at radius 2 is 2.35 bits per heavy atom. The predicted molar refractivity (Wildman–Crippen MR) is 68.5 cm³/mol. The maximum Gasteiger partial charge on any atom is 0.130 e. The van der Waals surface area contributed by atoms with E-state index >= 15 is 0 Å². The number of nitrogens with one attached hydrogen (secondary N) is 1. The molecule has 1 aromatic rings. The van der Waals surface area contributed by atoms with E-state index in [4.69, 9.17) is 5.26 Å². The van der Waals surface area contributed by atoms with Crippen molar-refractivity contribution in [2.45, 2.75) is 19.4 Å². The van der Waals surface area contributed by atoms with Crippen LogP contribution in [-0.2, 0) is 6.42 Å². The van der Waals surface area contributed by atoms with Gasteiger partial charge in [-0.3, -0.25) is 0 Å². The maximum atomic E-state index is 9.12. The highest BCUT2D eigenvalue weighted by Gasteiger charge is 2.22. The van der Waals surface area contributed by atoms with Crippen molar-refractivity contribution in [1.82, 2.24) is 9.88 Å². The normalized spacial score (nSPS) is 17.6. The van der Waals surface area contributed by atoms with Gasteiger partial charge in [0.2, 0.25) is 0 Å². The third kappa shape index (κ3) is 2.23. The monoisotopic (exact) mass is 228 g/mol. The Bertz CT molecular complexity index is 497. The van der Waals surface area contributed by atoms with Crippen LogP contribution in [0.25, 0.3) is 6.08 Å². The first-order valence-electron chi connectivity index (χ1n) is 5.65. The van der Waals surface area contributed by atoms with Gasteiger partial charge in [-0.15, -0.1) is 0 Å². The molecular formula is C13H16N4. The summed E-state index contributed by atoms with van der Waals surface area (Å²) in [4.78, 5) is 6.25. The van der Waals surface area contributed by atoms with E-state index in [1.165, 1.54) is 0 Å². The predicted octanol–water partition coefficient (Wildman–Crippen LogP) is 1.84. The Morgan fingerprint density at radius 1 is 1.59 bits per heavy atom. The van der Waals surface area contributed by atoms with Gasteiger partial charge < -0.3 is 10.2 Å². The van der Waals surface area contributed by atoms with E-state index in [1.54, 1.807) is 6.20 Å². The highest BCUT2D eigenvalue weighted by Crippen LogP contribution is 2.29. The molecule has 1 unspecified atom stereocenters. The van der Waals surface area contributed by atoms with Gasteiger partial charge in [-0.1, -0.05) is 0 Å². The van der Waals surface area contributed by atoms with Crippen molar-refractivity contribution in [3.05, 3.63) is 29.1 Å². The third-order valence-electron chi connectivity index (χ3n) is 2.78. The molecule has 2 rings (SSSR count). The van der Waals surface area contributed by atoms with E-state index in [-0.39, 0.29) is 0 Å². The number of fused-ring (bicyclic) bond motifs is 1. The number of nitrogens with zero attached hydrogens (tertiary/aromatic N) is 3. The maximum absolute atomic E-state index is 9.12. The number of nitriles is 1. The number of pyridine rings is 1. The minimum Gasteiger partial charge on any atom is -0.383 e. The summed E-state index contributed by atoms with van der Waals surface area (Å²) in [7, 11) is 3.93. The van der Waals surface area contributed by atoms with Gasteiger partial charge in [0.15, 0.2) is 0 Å². The van der Waals surface area contributed by atoms with Crippen LogP contribution < -0.4 is 5.32 Å². The number of hydrogen-bond acceptors (Lipinski definition) is 4. The SMILES string of the molecule is CC1Cc2c(ncc(C#N)c2/C=C/N(C)C)N1. The van der Waals surface area contributed by atoms with Crippen LogP contribution in [0.2, 0.25) is 0 Å². The number of hydrogen-bond donors (Lipinski definition) is 1. The van der Waals surface area contributed by atoms with Gasteiger partial charge in [0.25, 0.3) is 0 Å². The van der Waals surface area contributed by atoms with Crippen molar-refractivity contribution in [1.29, 1.82) is 5.26 Å². The molecular weight excluding hydrogens is 212 g/mol. The van der Waals surface area contributed by atoms with Gasteiger partial charge >= 0.3 is 0 Å². The van der Waals surface area contributed by atoms with Crippen molar-refractivity contribution >= 4 is 11.9 Å². The second-order valence-corrected chi connectivity index (χ2v) is 4.55. The Balaban J connectivity index is 2.49. The van der Waals surface area contributed by atoms with Crippen molar-refractivity contribution in [3.8, 4) is 6.07 Å². The van der Waals surface area contributed by atoms with E-state index < -0.39 is 0 Å². The minimum absolute atomic E-state index is 0.387. The summed E-state index contributed by atoms with van der Waals surface area (Å²) in [6.07, 6.45) is 6.50. The summed E-state index contributed by atoms with van der Waals surface area (Å²) >= 11 is 0. The molecule has 0 saturated heterocycles. The van der Waals surface area contributed by atoms with Crippen LogP contribution in [0.15, 0.2) is 12.4 Å². The third-order valence-corrected chi connectivity index (χ3v) is 2.78. The van der Waals surface area contributed by atoms with Crippen molar-refractivity contribution in [2.24, 2.45) is 0 Å². The Hall–Kier alpha value is -2.02. The van der Waals surface area contributed by atoms with Crippen LogP contribution in [0.5, 0.6) is 0 Å². The fourth-order valence-corrected chi connectivity index (χ4v) is 1.99. The van der Waals surface area contributed by atoms with E-state index in [2.05, 4.69) is 23.3 Å². The number of rotatable bonds is 2. The molecule has 4 nitrogen and oxygen atoms in total. The van der Waals surface area contributed by atoms with Crippen molar-refractivity contribution < 1.29 is 0 Å². The first kappa shape index (κ1) is 11.5. The van der Waals surface area contributed by atoms with Crippen LogP contribution in [0.4, 0.5) is 5.82 Å². The smallest absolute Gasteiger partial charge is 0.130 e. The first-order chi connectivity index (χ1) is 8.11. The molecule has 0 bridgehead atoms. The molecule has 4 heteroatoms. The molecule has 0 radical (unpaired) electrons. The lowest BCUT2D eigenvalue weighted by Gasteiger charge is -2.07. The lowest BCUT2D eigenvalue weighted by Crippen LogP contribution is -2.08. The van der Waals surface area contributed by atoms with Gasteiger partial charge in [-0.05, 0) is 25.6 Å². The molecule has 0 aliphatic carbocycles. The molecule has 1 N–H and O–H groups in total. The van der Waals surface area contributed by atoms with E-state index in [0.717, 1.165) is 23.4 Å². The molecule has 0 amide bonds. The molecule has 0 aromatic carbocycles. The second kappa shape index (κ2) is 4.46. The number of aromatic nitrogens is 1. The van der Waals surface area contributed by atoms with Gasteiger partial charge in [-0.25, -0.2) is 4.98 Å². The fraction of sp³-hybridized carbons (Fsp3) is 0.385. The Labute approximate surface area is 102 Å². The van der Waals surface area contributed by atoms with Crippen LogP contribution in [0.1, 0.15) is 23.6 Å². The molecule has 0 fully saturated rings. The van der Waals surface area contributed by atoms with Crippen LogP contribution in [-0.4, -0.2) is 30.0 Å². The largest absolute Gasteiger partial charge is 0.383 e. The topological polar surface area (TPSA) is 52.0 Å². The van der Waals surface area contributed by atoms with Crippen LogP contribution >= 0.6 is 0 Å². The highest BCUT2D eigenvalue weighted by molar-refractivity contribution is 5.69. The molecule has 1 atom stereocenters. The standard InChI is InChI=1S/C13H16N4/c1-9-6-12-11(4-5-17(2)3)10(7-14)8-15-13(12)16-9/h4-5,8-9H,6H2,1-3H3,(H,15,16)/b5-4+. The zero-order valence-electron chi connectivity index (χ0n) is 10.4. The summed E-state index contributed by atoms with van der Waals surface area (Å²) in [5.74, 6) is 0.912. The van der Waals surface area contributed by atoms with Gasteiger partial charge in [0.05, 0.1) is 5.56 Å². The molecule has 0 saturated carbocycles. The summed E-state index contributed by atoms with van der Waals surface area (Å²) in [6.45, 7) is 2.12. The minimum atomic E-state index is 0.387. The van der Waals surface area contributed by atoms with Crippen molar-refractivity contribution in [3.63, 3.8) is 0 Å². The molecule has 1 aromatic heterocycles. The van der Waals surface area contributed by atoms with Gasteiger partial charge in [0, 0.05) is 37.5 Å². The summed E-state index contributed by atoms with van der Waals surface area (Å²) in [5.41, 5.74) is 2.77. The number of anilines is 1. The fourth-order valence-electron chi connectivity index (χ4n) is 1.99. The molecule has 1 aliphatic rings. The summed E-state index contributed by atoms with van der Waals surface area (Å²) in [5, 5.41) is 12.4. The average molecular weight is 228 g/mol. The quantitative estimate of drug-likeness (QED) is 0.839.